The molecular weight excluding hydrogens is 204 g/mol. The average Bonchev–Trinajstić information content (AvgIpc) is 2.61. The molecule has 1 saturated carbocycles. The van der Waals surface area contributed by atoms with Gasteiger partial charge in [0, 0.05) is 0 Å². The molecule has 0 bridgehead atoms. The topological polar surface area (TPSA) is 52.9 Å². The average molecular weight is 224 g/mol. The first-order valence-electron chi connectivity index (χ1n) is 6.17. The van der Waals surface area contributed by atoms with E-state index in [4.69, 9.17) is 0 Å². The van der Waals surface area contributed by atoms with Crippen LogP contribution in [0, 0.1) is 5.92 Å². The molecule has 1 fully saturated rings. The summed E-state index contributed by atoms with van der Waals surface area (Å²) in [5, 5.41) is 15.8. The van der Waals surface area contributed by atoms with Crippen molar-refractivity contribution in [2.75, 3.05) is 0 Å². The molecule has 1 amide bonds. The summed E-state index contributed by atoms with van der Waals surface area (Å²) in [6.07, 6.45) is 3.84. The second kappa shape index (κ2) is 4.53. The van der Waals surface area contributed by atoms with Gasteiger partial charge < -0.3 is 5.11 Å². The van der Waals surface area contributed by atoms with Crippen LogP contribution in [0.15, 0.2) is 5.10 Å². The van der Waals surface area contributed by atoms with Gasteiger partial charge in [-0.05, 0) is 18.8 Å². The highest BCUT2D eigenvalue weighted by molar-refractivity contribution is 6.05. The van der Waals surface area contributed by atoms with Gasteiger partial charge in [-0.3, -0.25) is 4.79 Å². The normalized spacial score (nSPS) is 31.1. The van der Waals surface area contributed by atoms with Crippen molar-refractivity contribution in [1.29, 1.82) is 0 Å². The highest BCUT2D eigenvalue weighted by atomic mass is 16.3. The van der Waals surface area contributed by atoms with Crippen molar-refractivity contribution in [3.05, 3.63) is 0 Å². The van der Waals surface area contributed by atoms with Crippen molar-refractivity contribution in [3.8, 4) is 0 Å². The second-order valence-corrected chi connectivity index (χ2v) is 5.08. The molecule has 2 rings (SSSR count). The van der Waals surface area contributed by atoms with Gasteiger partial charge in [0.1, 0.15) is 0 Å². The summed E-state index contributed by atoms with van der Waals surface area (Å²) >= 11 is 0. The predicted octanol–water partition coefficient (Wildman–Crippen LogP) is 1.53. The molecule has 0 saturated heterocycles. The Morgan fingerprint density at radius 1 is 1.38 bits per heavy atom. The molecule has 0 spiro atoms. The van der Waals surface area contributed by atoms with Crippen LogP contribution in [0.3, 0.4) is 0 Å². The Kier molecular flexibility index (Phi) is 3.28. The number of rotatable bonds is 2. The fourth-order valence-electron chi connectivity index (χ4n) is 2.42. The van der Waals surface area contributed by atoms with Crippen LogP contribution in [-0.4, -0.2) is 33.9 Å². The lowest BCUT2D eigenvalue weighted by Gasteiger charge is -2.32. The third kappa shape index (κ3) is 2.12. The lowest BCUT2D eigenvalue weighted by Crippen LogP contribution is -2.43. The molecule has 16 heavy (non-hydrogen) atoms. The number of nitrogens with zero attached hydrogens (tertiary/aromatic N) is 2. The molecule has 0 aromatic heterocycles. The second-order valence-electron chi connectivity index (χ2n) is 5.08. The van der Waals surface area contributed by atoms with E-state index in [2.05, 4.69) is 5.10 Å². The molecule has 0 radical (unpaired) electrons. The molecule has 1 N–H and O–H groups in total. The molecule has 90 valence electrons. The van der Waals surface area contributed by atoms with Crippen molar-refractivity contribution in [3.63, 3.8) is 0 Å². The summed E-state index contributed by atoms with van der Waals surface area (Å²) in [6.45, 7) is 4.10. The zero-order valence-corrected chi connectivity index (χ0v) is 10.0. The first-order chi connectivity index (χ1) is 7.59. The standard InChI is InChI=1S/C12H20N2O2/c1-8(2)9-7-12(16)14(13-9)10-5-3-4-6-11(10)15/h8,10-11,15H,3-7H2,1-2H3/t10-,11-/m1/s1. The molecule has 0 aromatic carbocycles. The Bertz CT molecular complexity index is 312. The van der Waals surface area contributed by atoms with Crippen LogP contribution in [0.25, 0.3) is 0 Å². The SMILES string of the molecule is CC(C)C1=NN([C@@H]2CCCC[C@H]2O)C(=O)C1. The van der Waals surface area contributed by atoms with Crippen LogP contribution in [0.2, 0.25) is 0 Å². The smallest absolute Gasteiger partial charge is 0.248 e. The maximum absolute atomic E-state index is 11.8. The van der Waals surface area contributed by atoms with E-state index < -0.39 is 6.10 Å². The van der Waals surface area contributed by atoms with Crippen LogP contribution in [0.1, 0.15) is 46.0 Å². The molecule has 4 heteroatoms. The Morgan fingerprint density at radius 2 is 2.06 bits per heavy atom. The molecule has 1 aliphatic heterocycles. The first kappa shape index (κ1) is 11.6. The summed E-state index contributed by atoms with van der Waals surface area (Å²) in [5.74, 6) is 0.365. The van der Waals surface area contributed by atoms with Crippen molar-refractivity contribution >= 4 is 11.6 Å². The van der Waals surface area contributed by atoms with Gasteiger partial charge in [0.15, 0.2) is 0 Å². The molecule has 0 aromatic rings. The summed E-state index contributed by atoms with van der Waals surface area (Å²) in [4.78, 5) is 11.8. The minimum absolute atomic E-state index is 0.0506. The van der Waals surface area contributed by atoms with Crippen molar-refractivity contribution in [2.24, 2.45) is 11.0 Å². The van der Waals surface area contributed by atoms with Crippen LogP contribution in [0.4, 0.5) is 0 Å². The van der Waals surface area contributed by atoms with E-state index in [0.717, 1.165) is 31.4 Å². The third-order valence-electron chi connectivity index (χ3n) is 3.50. The van der Waals surface area contributed by atoms with Crippen molar-refractivity contribution in [1.82, 2.24) is 5.01 Å². The molecule has 2 aliphatic rings. The van der Waals surface area contributed by atoms with Gasteiger partial charge in [-0.15, -0.1) is 0 Å². The molecule has 1 aliphatic carbocycles. The maximum atomic E-state index is 11.8. The number of aliphatic hydroxyl groups excluding tert-OH is 1. The zero-order chi connectivity index (χ0) is 11.7. The van der Waals surface area contributed by atoms with Gasteiger partial charge in [-0.2, -0.15) is 5.10 Å². The van der Waals surface area contributed by atoms with Crippen molar-refractivity contribution < 1.29 is 9.90 Å². The van der Waals surface area contributed by atoms with Crippen molar-refractivity contribution in [2.45, 2.75) is 58.1 Å². The number of aliphatic hydroxyl groups is 1. The molecular formula is C12H20N2O2. The minimum Gasteiger partial charge on any atom is -0.391 e. The van der Waals surface area contributed by atoms with E-state index in [1.165, 1.54) is 0 Å². The van der Waals surface area contributed by atoms with Gasteiger partial charge in [0.25, 0.3) is 0 Å². The summed E-state index contributed by atoms with van der Waals surface area (Å²) in [6, 6.07) is -0.0856. The summed E-state index contributed by atoms with van der Waals surface area (Å²) in [5.41, 5.74) is 0.947. The van der Waals surface area contributed by atoms with Gasteiger partial charge in [-0.1, -0.05) is 26.7 Å². The first-order valence-corrected chi connectivity index (χ1v) is 6.17. The van der Waals surface area contributed by atoms with E-state index in [9.17, 15) is 9.90 Å². The fourth-order valence-corrected chi connectivity index (χ4v) is 2.42. The van der Waals surface area contributed by atoms with Gasteiger partial charge in [0.05, 0.1) is 24.3 Å². The van der Waals surface area contributed by atoms with Crippen LogP contribution in [0.5, 0.6) is 0 Å². The maximum Gasteiger partial charge on any atom is 0.248 e. The largest absolute Gasteiger partial charge is 0.391 e. The number of hydrogen-bond donors (Lipinski definition) is 1. The number of carbonyl (C=O) groups excluding carboxylic acids is 1. The Labute approximate surface area is 96.3 Å². The van der Waals surface area contributed by atoms with Gasteiger partial charge in [-0.25, -0.2) is 5.01 Å². The Morgan fingerprint density at radius 3 is 2.62 bits per heavy atom. The Balaban J connectivity index is 2.11. The minimum atomic E-state index is -0.395. The predicted molar refractivity (Wildman–Crippen MR) is 62.0 cm³/mol. The van der Waals surface area contributed by atoms with Crippen LogP contribution < -0.4 is 0 Å². The zero-order valence-electron chi connectivity index (χ0n) is 10.0. The number of hydrazone groups is 1. The van der Waals surface area contributed by atoms with E-state index >= 15 is 0 Å². The lowest BCUT2D eigenvalue weighted by molar-refractivity contribution is -0.134. The van der Waals surface area contributed by atoms with E-state index in [0.29, 0.717) is 12.3 Å². The highest BCUT2D eigenvalue weighted by Gasteiger charge is 2.36. The molecule has 2 atom stereocenters. The number of hydrogen-bond acceptors (Lipinski definition) is 3. The Hall–Kier alpha value is -0.900. The number of amides is 1. The van der Waals surface area contributed by atoms with E-state index in [1.807, 2.05) is 13.8 Å². The number of carbonyl (C=O) groups is 1. The van der Waals surface area contributed by atoms with Crippen LogP contribution in [-0.2, 0) is 4.79 Å². The monoisotopic (exact) mass is 224 g/mol. The van der Waals surface area contributed by atoms with Crippen LogP contribution >= 0.6 is 0 Å². The van der Waals surface area contributed by atoms with Gasteiger partial charge in [0.2, 0.25) is 5.91 Å². The van der Waals surface area contributed by atoms with E-state index in [1.54, 1.807) is 5.01 Å². The quantitative estimate of drug-likeness (QED) is 0.773. The summed E-state index contributed by atoms with van der Waals surface area (Å²) < 4.78 is 0. The summed E-state index contributed by atoms with van der Waals surface area (Å²) in [7, 11) is 0. The van der Waals surface area contributed by atoms with Gasteiger partial charge >= 0.3 is 0 Å². The molecule has 0 unspecified atom stereocenters. The third-order valence-corrected chi connectivity index (χ3v) is 3.50. The molecule has 4 nitrogen and oxygen atoms in total. The lowest BCUT2D eigenvalue weighted by atomic mass is 9.92. The van der Waals surface area contributed by atoms with E-state index in [-0.39, 0.29) is 11.9 Å². The highest BCUT2D eigenvalue weighted by Crippen LogP contribution is 2.27. The molecule has 1 heterocycles. The fraction of sp³-hybridized carbons (Fsp3) is 0.833.